The summed E-state index contributed by atoms with van der Waals surface area (Å²) in [4.78, 5) is 11.3. The van der Waals surface area contributed by atoms with Crippen molar-refractivity contribution in [2.45, 2.75) is 11.3 Å². The maximum atomic E-state index is 12.3. The van der Waals surface area contributed by atoms with Gasteiger partial charge in [-0.3, -0.25) is 0 Å². The second-order valence-corrected chi connectivity index (χ2v) is 6.86. The Labute approximate surface area is 140 Å². The second kappa shape index (κ2) is 7.27. The zero-order valence-electron chi connectivity index (χ0n) is 12.2. The summed E-state index contributed by atoms with van der Waals surface area (Å²) in [5.41, 5.74) is 0.987. The van der Waals surface area contributed by atoms with Crippen LogP contribution in [0.5, 0.6) is 0 Å². The summed E-state index contributed by atoms with van der Waals surface area (Å²) in [6, 6.07) is 7.25. The van der Waals surface area contributed by atoms with E-state index in [0.29, 0.717) is 17.5 Å². The van der Waals surface area contributed by atoms with E-state index in [1.807, 2.05) is 6.08 Å². The highest BCUT2D eigenvalue weighted by atomic mass is 35.5. The summed E-state index contributed by atoms with van der Waals surface area (Å²) < 4.78 is 32.3. The van der Waals surface area contributed by atoms with Gasteiger partial charge >= 0.3 is 5.63 Å². The lowest BCUT2D eigenvalue weighted by molar-refractivity contribution is 0.560. The normalized spacial score (nSPS) is 15.0. The Morgan fingerprint density at radius 2 is 2.04 bits per heavy atom. The molecule has 0 spiro atoms. The van der Waals surface area contributed by atoms with E-state index in [2.05, 4.69) is 10.0 Å². The number of fused-ring (bicyclic) bond motifs is 1. The van der Waals surface area contributed by atoms with Gasteiger partial charge in [-0.2, -0.15) is 0 Å². The molecule has 0 unspecified atom stereocenters. The second-order valence-electron chi connectivity index (χ2n) is 5.10. The van der Waals surface area contributed by atoms with Crippen LogP contribution in [0.3, 0.4) is 0 Å². The number of benzene rings is 1. The molecule has 124 valence electrons. The van der Waals surface area contributed by atoms with Crippen LogP contribution in [0.15, 0.2) is 56.1 Å². The molecule has 0 radical (unpaired) electrons. The fourth-order valence-electron chi connectivity index (χ4n) is 2.32. The van der Waals surface area contributed by atoms with E-state index < -0.39 is 15.6 Å². The van der Waals surface area contributed by atoms with Gasteiger partial charge in [0, 0.05) is 24.5 Å². The van der Waals surface area contributed by atoms with Gasteiger partial charge in [-0.25, -0.2) is 17.9 Å². The Hall–Kier alpha value is -1.67. The summed E-state index contributed by atoms with van der Waals surface area (Å²) in [7, 11) is -3.59. The molecule has 0 bridgehead atoms. The number of hydrogen-bond acceptors (Lipinski definition) is 5. The van der Waals surface area contributed by atoms with Crippen LogP contribution in [0.1, 0.15) is 6.42 Å². The van der Waals surface area contributed by atoms with Gasteiger partial charge in [0.25, 0.3) is 0 Å². The predicted octanol–water partition coefficient (Wildman–Crippen LogP) is 1.41. The molecule has 1 aromatic carbocycles. The summed E-state index contributed by atoms with van der Waals surface area (Å²) in [5, 5.41) is 3.75. The molecule has 8 heteroatoms. The average molecular weight is 357 g/mol. The van der Waals surface area contributed by atoms with Crippen molar-refractivity contribution in [2.24, 2.45) is 0 Å². The molecule has 0 atom stereocenters. The van der Waals surface area contributed by atoms with E-state index in [1.54, 1.807) is 6.07 Å². The topological polar surface area (TPSA) is 88.4 Å². The quantitative estimate of drug-likeness (QED) is 0.638. The number of hydrogen-bond donors (Lipinski definition) is 2. The largest absolute Gasteiger partial charge is 0.423 e. The van der Waals surface area contributed by atoms with Crippen LogP contribution in [0, 0.1) is 0 Å². The summed E-state index contributed by atoms with van der Waals surface area (Å²) in [5.74, 6) is 0. The van der Waals surface area contributed by atoms with Gasteiger partial charge in [-0.15, -0.1) is 12.4 Å². The maximum absolute atomic E-state index is 12.3. The zero-order valence-corrected chi connectivity index (χ0v) is 13.9. The molecule has 2 heterocycles. The minimum absolute atomic E-state index is 0. The first kappa shape index (κ1) is 17.7. The third-order valence-corrected chi connectivity index (χ3v) is 4.95. The zero-order chi connectivity index (χ0) is 15.6. The van der Waals surface area contributed by atoms with Crippen LogP contribution < -0.4 is 15.7 Å². The molecular formula is C15H17ClN2O4S. The van der Waals surface area contributed by atoms with Gasteiger partial charge in [0.15, 0.2) is 0 Å². The molecule has 1 aliphatic rings. The van der Waals surface area contributed by atoms with Crippen LogP contribution in [0.2, 0.25) is 0 Å². The highest BCUT2D eigenvalue weighted by Gasteiger charge is 2.15. The van der Waals surface area contributed by atoms with Crippen LogP contribution in [-0.2, 0) is 10.0 Å². The molecule has 2 N–H and O–H groups in total. The van der Waals surface area contributed by atoms with Gasteiger partial charge in [0.05, 0.1) is 4.90 Å². The molecule has 6 nitrogen and oxygen atoms in total. The van der Waals surface area contributed by atoms with Crippen molar-refractivity contribution >= 4 is 33.4 Å². The highest BCUT2D eigenvalue weighted by Crippen LogP contribution is 2.18. The molecule has 0 saturated carbocycles. The molecule has 0 amide bonds. The van der Waals surface area contributed by atoms with Crippen molar-refractivity contribution < 1.29 is 12.8 Å². The van der Waals surface area contributed by atoms with Crippen LogP contribution >= 0.6 is 12.4 Å². The number of nitrogens with one attached hydrogen (secondary N) is 2. The summed E-state index contributed by atoms with van der Waals surface area (Å²) in [6.07, 6.45) is 2.84. The number of sulfonamides is 1. The van der Waals surface area contributed by atoms with E-state index in [1.165, 1.54) is 24.3 Å². The predicted molar refractivity (Wildman–Crippen MR) is 90.5 cm³/mol. The molecule has 0 saturated heterocycles. The standard InChI is InChI=1S/C15H16N2O4S.ClH/c18-15-4-1-12-9-13(2-3-14(12)21-15)22(19,20)17-10-11-5-7-16-8-6-11;/h1-5,9,16-17H,6-8,10H2;1H. The average Bonchev–Trinajstić information content (AvgIpc) is 2.53. The Bertz CT molecular complexity index is 890. The van der Waals surface area contributed by atoms with Gasteiger partial charge in [-0.05, 0) is 37.2 Å². The minimum atomic E-state index is -3.59. The Morgan fingerprint density at radius 3 is 2.78 bits per heavy atom. The van der Waals surface area contributed by atoms with Gasteiger partial charge in [0.2, 0.25) is 10.0 Å². The lowest BCUT2D eigenvalue weighted by atomic mass is 10.1. The lowest BCUT2D eigenvalue weighted by Crippen LogP contribution is -2.29. The molecule has 1 aliphatic heterocycles. The van der Waals surface area contributed by atoms with Gasteiger partial charge < -0.3 is 9.73 Å². The number of rotatable bonds is 4. The number of halogens is 1. The van der Waals surface area contributed by atoms with E-state index in [4.69, 9.17) is 4.42 Å². The fraction of sp³-hybridized carbons (Fsp3) is 0.267. The third-order valence-electron chi connectivity index (χ3n) is 3.55. The van der Waals surface area contributed by atoms with Crippen molar-refractivity contribution in [2.75, 3.05) is 19.6 Å². The first-order valence-electron chi connectivity index (χ1n) is 6.97. The molecule has 0 aliphatic carbocycles. The molecule has 1 aromatic heterocycles. The SMILES string of the molecule is Cl.O=c1ccc2cc(S(=O)(=O)NCC3=CCNCC3)ccc2o1. The first-order chi connectivity index (χ1) is 10.5. The summed E-state index contributed by atoms with van der Waals surface area (Å²) in [6.45, 7) is 1.94. The summed E-state index contributed by atoms with van der Waals surface area (Å²) >= 11 is 0. The van der Waals surface area contributed by atoms with Gasteiger partial charge in [0.1, 0.15) is 5.58 Å². The maximum Gasteiger partial charge on any atom is 0.336 e. The molecule has 0 fully saturated rings. The van der Waals surface area contributed by atoms with E-state index in [9.17, 15) is 13.2 Å². The Balaban J connectivity index is 0.00000192. The Kier molecular flexibility index (Phi) is 5.59. The van der Waals surface area contributed by atoms with Crippen molar-refractivity contribution in [3.63, 3.8) is 0 Å². The lowest BCUT2D eigenvalue weighted by Gasteiger charge is -2.14. The van der Waals surface area contributed by atoms with E-state index in [-0.39, 0.29) is 17.3 Å². The Morgan fingerprint density at radius 1 is 1.22 bits per heavy atom. The van der Waals surface area contributed by atoms with Crippen molar-refractivity contribution in [1.29, 1.82) is 0 Å². The van der Waals surface area contributed by atoms with Crippen molar-refractivity contribution in [3.8, 4) is 0 Å². The smallest absolute Gasteiger partial charge is 0.336 e. The molecule has 23 heavy (non-hydrogen) atoms. The molecule has 3 rings (SSSR count). The van der Waals surface area contributed by atoms with Crippen LogP contribution in [0.4, 0.5) is 0 Å². The van der Waals surface area contributed by atoms with Crippen molar-refractivity contribution in [3.05, 3.63) is 52.4 Å². The molecular weight excluding hydrogens is 340 g/mol. The minimum Gasteiger partial charge on any atom is -0.423 e. The van der Waals surface area contributed by atoms with Crippen molar-refractivity contribution in [1.82, 2.24) is 10.0 Å². The third kappa shape index (κ3) is 4.20. The van der Waals surface area contributed by atoms with E-state index >= 15 is 0 Å². The highest BCUT2D eigenvalue weighted by molar-refractivity contribution is 7.89. The van der Waals surface area contributed by atoms with Crippen LogP contribution in [0.25, 0.3) is 11.0 Å². The molecule has 2 aromatic rings. The van der Waals surface area contributed by atoms with Crippen LogP contribution in [-0.4, -0.2) is 28.1 Å². The first-order valence-corrected chi connectivity index (χ1v) is 8.45. The van der Waals surface area contributed by atoms with Gasteiger partial charge in [-0.1, -0.05) is 11.6 Å². The fourth-order valence-corrected chi connectivity index (χ4v) is 3.39. The van der Waals surface area contributed by atoms with E-state index in [0.717, 1.165) is 25.1 Å². The monoisotopic (exact) mass is 356 g/mol.